The number of halogens is 4. The van der Waals surface area contributed by atoms with Crippen molar-refractivity contribution in [3.63, 3.8) is 0 Å². The van der Waals surface area contributed by atoms with Gasteiger partial charge in [-0.05, 0) is 47.4 Å². The number of hydrogen-bond acceptors (Lipinski definition) is 4. The highest BCUT2D eigenvalue weighted by Gasteiger charge is 2.25. The topological polar surface area (TPSA) is 78.4 Å². The van der Waals surface area contributed by atoms with Crippen LogP contribution in [0.2, 0.25) is 10.0 Å². The molecule has 4 rings (SSSR count). The zero-order valence-electron chi connectivity index (χ0n) is 17.4. The molecule has 0 spiro atoms. The third kappa shape index (κ3) is 5.40. The lowest BCUT2D eigenvalue weighted by Crippen LogP contribution is -2.45. The van der Waals surface area contributed by atoms with E-state index < -0.39 is 30.3 Å². The molecule has 0 saturated carbocycles. The van der Waals surface area contributed by atoms with Crippen molar-refractivity contribution >= 4 is 29.2 Å². The molecular formula is C23H20Cl2F2N4O2. The monoisotopic (exact) mass is 492 g/mol. The SMILES string of the molecule is O=C(N[C@H](CO)c1ccc(Cl)c(F)c1)N1CCc2cnc(Cc3ccc(F)cc3Cl)nc2C1. The van der Waals surface area contributed by atoms with Gasteiger partial charge in [-0.1, -0.05) is 35.3 Å². The number of aromatic nitrogens is 2. The van der Waals surface area contributed by atoms with Crippen molar-refractivity contribution in [3.05, 3.63) is 92.5 Å². The molecule has 0 unspecified atom stereocenters. The molecule has 2 amide bonds. The molecule has 3 aromatic rings. The number of amides is 2. The zero-order chi connectivity index (χ0) is 23.5. The van der Waals surface area contributed by atoms with E-state index in [-0.39, 0.29) is 11.6 Å². The van der Waals surface area contributed by atoms with E-state index >= 15 is 0 Å². The highest BCUT2D eigenvalue weighted by atomic mass is 35.5. The summed E-state index contributed by atoms with van der Waals surface area (Å²) in [7, 11) is 0. The summed E-state index contributed by atoms with van der Waals surface area (Å²) in [6, 6.07) is 7.09. The molecule has 6 nitrogen and oxygen atoms in total. The summed E-state index contributed by atoms with van der Waals surface area (Å²) in [4.78, 5) is 23.4. The van der Waals surface area contributed by atoms with Gasteiger partial charge in [-0.3, -0.25) is 0 Å². The number of carbonyl (C=O) groups excluding carboxylic acids is 1. The minimum Gasteiger partial charge on any atom is -0.394 e. The van der Waals surface area contributed by atoms with Crippen LogP contribution >= 0.6 is 23.2 Å². The summed E-state index contributed by atoms with van der Waals surface area (Å²) in [5.41, 5.74) is 2.75. The van der Waals surface area contributed by atoms with E-state index in [9.17, 15) is 18.7 Å². The molecule has 2 aromatic carbocycles. The van der Waals surface area contributed by atoms with Gasteiger partial charge >= 0.3 is 6.03 Å². The molecule has 0 bridgehead atoms. The average Bonchev–Trinajstić information content (AvgIpc) is 2.80. The molecule has 2 N–H and O–H groups in total. The van der Waals surface area contributed by atoms with Gasteiger partial charge in [0.05, 0.1) is 29.9 Å². The van der Waals surface area contributed by atoms with Crippen LogP contribution in [0.5, 0.6) is 0 Å². The van der Waals surface area contributed by atoms with E-state index in [1.165, 1.54) is 24.3 Å². The Morgan fingerprint density at radius 1 is 1.18 bits per heavy atom. The average molecular weight is 493 g/mol. The molecule has 0 aliphatic carbocycles. The minimum absolute atomic E-state index is 0.0354. The largest absolute Gasteiger partial charge is 0.394 e. The Morgan fingerprint density at radius 3 is 2.73 bits per heavy atom. The summed E-state index contributed by atoms with van der Waals surface area (Å²) in [5, 5.41) is 12.7. The summed E-state index contributed by atoms with van der Waals surface area (Å²) in [6.07, 6.45) is 2.63. The third-order valence-corrected chi connectivity index (χ3v) is 6.13. The first-order chi connectivity index (χ1) is 15.8. The molecule has 2 heterocycles. The zero-order valence-corrected chi connectivity index (χ0v) is 18.9. The fourth-order valence-electron chi connectivity index (χ4n) is 3.64. The van der Waals surface area contributed by atoms with Crippen LogP contribution in [0.15, 0.2) is 42.6 Å². The van der Waals surface area contributed by atoms with Gasteiger partial charge in [0.15, 0.2) is 0 Å². The summed E-state index contributed by atoms with van der Waals surface area (Å²) >= 11 is 11.8. The van der Waals surface area contributed by atoms with Crippen LogP contribution in [0.1, 0.15) is 34.3 Å². The van der Waals surface area contributed by atoms with Gasteiger partial charge in [0, 0.05) is 24.2 Å². The Balaban J connectivity index is 1.46. The first-order valence-electron chi connectivity index (χ1n) is 10.2. The normalized spacial score (nSPS) is 14.0. The predicted molar refractivity (Wildman–Crippen MR) is 120 cm³/mol. The second-order valence-corrected chi connectivity index (χ2v) is 8.51. The Kier molecular flexibility index (Phi) is 7.07. The molecule has 172 valence electrons. The number of aliphatic hydroxyl groups is 1. The van der Waals surface area contributed by atoms with Crippen molar-refractivity contribution in [1.82, 2.24) is 20.2 Å². The fourth-order valence-corrected chi connectivity index (χ4v) is 3.99. The fraction of sp³-hybridized carbons (Fsp3) is 0.261. The standard InChI is InChI=1S/C23H20Cl2F2N4O2/c24-17-4-2-14(7-19(17)27)21(12-32)30-23(33)31-6-5-15-10-28-22(29-20(15)11-31)8-13-1-3-16(26)9-18(13)25/h1-4,7,9-10,21,32H,5-6,8,11-12H2,(H,30,33)/t21-/m1/s1. The maximum absolute atomic E-state index is 13.8. The minimum atomic E-state index is -0.785. The second kappa shape index (κ2) is 9.99. The Hall–Kier alpha value is -2.81. The van der Waals surface area contributed by atoms with Gasteiger partial charge in [0.25, 0.3) is 0 Å². The van der Waals surface area contributed by atoms with E-state index in [0.29, 0.717) is 47.1 Å². The van der Waals surface area contributed by atoms with E-state index in [1.54, 1.807) is 23.2 Å². The Bertz CT molecular complexity index is 1200. The predicted octanol–water partition coefficient (Wildman–Crippen LogP) is 4.45. The number of hydrogen-bond donors (Lipinski definition) is 2. The first kappa shape index (κ1) is 23.4. The number of carbonyl (C=O) groups is 1. The lowest BCUT2D eigenvalue weighted by Gasteiger charge is -2.30. The highest BCUT2D eigenvalue weighted by Crippen LogP contribution is 2.23. The molecule has 33 heavy (non-hydrogen) atoms. The number of fused-ring (bicyclic) bond motifs is 1. The van der Waals surface area contributed by atoms with Crippen molar-refractivity contribution < 1.29 is 18.7 Å². The smallest absolute Gasteiger partial charge is 0.318 e. The third-order valence-electron chi connectivity index (χ3n) is 5.47. The van der Waals surface area contributed by atoms with E-state index in [0.717, 1.165) is 5.56 Å². The van der Waals surface area contributed by atoms with Gasteiger partial charge in [-0.2, -0.15) is 0 Å². The Morgan fingerprint density at radius 2 is 2.00 bits per heavy atom. The maximum Gasteiger partial charge on any atom is 0.318 e. The van der Waals surface area contributed by atoms with Gasteiger partial charge in [0.1, 0.15) is 17.5 Å². The number of rotatable bonds is 5. The van der Waals surface area contributed by atoms with Crippen molar-refractivity contribution in [2.75, 3.05) is 13.2 Å². The number of nitrogens with zero attached hydrogens (tertiary/aromatic N) is 3. The van der Waals surface area contributed by atoms with Crippen molar-refractivity contribution in [2.45, 2.75) is 25.4 Å². The molecule has 1 aliphatic rings. The van der Waals surface area contributed by atoms with Gasteiger partial charge in [-0.25, -0.2) is 23.5 Å². The van der Waals surface area contributed by atoms with Crippen LogP contribution in [0.3, 0.4) is 0 Å². The Labute approximate surface area is 199 Å². The van der Waals surface area contributed by atoms with E-state index in [1.807, 2.05) is 0 Å². The van der Waals surface area contributed by atoms with Crippen molar-refractivity contribution in [3.8, 4) is 0 Å². The summed E-state index contributed by atoms with van der Waals surface area (Å²) < 4.78 is 27.1. The van der Waals surface area contributed by atoms with Crippen molar-refractivity contribution in [1.29, 1.82) is 0 Å². The van der Waals surface area contributed by atoms with Crippen LogP contribution in [0.4, 0.5) is 13.6 Å². The second-order valence-electron chi connectivity index (χ2n) is 7.70. The highest BCUT2D eigenvalue weighted by molar-refractivity contribution is 6.31. The van der Waals surface area contributed by atoms with Crippen LogP contribution in [0.25, 0.3) is 0 Å². The van der Waals surface area contributed by atoms with E-state index in [4.69, 9.17) is 23.2 Å². The number of urea groups is 1. The van der Waals surface area contributed by atoms with Gasteiger partial charge in [-0.15, -0.1) is 0 Å². The molecule has 1 aliphatic heterocycles. The molecule has 10 heteroatoms. The lowest BCUT2D eigenvalue weighted by molar-refractivity contribution is 0.176. The molecular weight excluding hydrogens is 473 g/mol. The quantitative estimate of drug-likeness (QED) is 0.551. The van der Waals surface area contributed by atoms with Gasteiger partial charge in [0.2, 0.25) is 0 Å². The summed E-state index contributed by atoms with van der Waals surface area (Å²) in [5.74, 6) is -0.534. The van der Waals surface area contributed by atoms with Crippen LogP contribution in [0, 0.1) is 11.6 Å². The van der Waals surface area contributed by atoms with E-state index in [2.05, 4.69) is 15.3 Å². The van der Waals surface area contributed by atoms with Gasteiger partial charge < -0.3 is 15.3 Å². The lowest BCUT2D eigenvalue weighted by atomic mass is 10.1. The van der Waals surface area contributed by atoms with Crippen LogP contribution in [-0.4, -0.2) is 39.2 Å². The number of benzene rings is 2. The molecule has 0 fully saturated rings. The molecule has 1 aromatic heterocycles. The molecule has 0 saturated heterocycles. The first-order valence-corrected chi connectivity index (χ1v) is 11.0. The summed E-state index contributed by atoms with van der Waals surface area (Å²) in [6.45, 7) is 0.293. The van der Waals surface area contributed by atoms with Crippen LogP contribution in [-0.2, 0) is 19.4 Å². The maximum atomic E-state index is 13.8. The number of aliphatic hydroxyl groups excluding tert-OH is 1. The molecule has 0 radical (unpaired) electrons. The molecule has 1 atom stereocenters. The van der Waals surface area contributed by atoms with Crippen LogP contribution < -0.4 is 5.32 Å². The number of nitrogens with one attached hydrogen (secondary N) is 1. The van der Waals surface area contributed by atoms with Crippen molar-refractivity contribution in [2.24, 2.45) is 0 Å².